The number of nitrogens with one attached hydrogen (secondary N) is 1. The summed E-state index contributed by atoms with van der Waals surface area (Å²) in [5.74, 6) is -0.0895. The van der Waals surface area contributed by atoms with Crippen molar-refractivity contribution in [3.05, 3.63) is 29.8 Å². The molecule has 0 spiro atoms. The van der Waals surface area contributed by atoms with Crippen LogP contribution < -0.4 is 11.1 Å². The van der Waals surface area contributed by atoms with Crippen molar-refractivity contribution in [2.75, 3.05) is 6.54 Å². The lowest BCUT2D eigenvalue weighted by molar-refractivity contribution is 0.0899. The van der Waals surface area contributed by atoms with Crippen molar-refractivity contribution < 1.29 is 9.90 Å². The minimum atomic E-state index is -0.294. The fraction of sp³-hybridized carbons (Fsp3) is 0.462. The van der Waals surface area contributed by atoms with Gasteiger partial charge in [0.25, 0.3) is 5.91 Å². The number of amides is 1. The van der Waals surface area contributed by atoms with Gasteiger partial charge >= 0.3 is 0 Å². The zero-order valence-corrected chi connectivity index (χ0v) is 10.4. The quantitative estimate of drug-likeness (QED) is 0.727. The van der Waals surface area contributed by atoms with Gasteiger partial charge in [0.2, 0.25) is 0 Å². The van der Waals surface area contributed by atoms with Gasteiger partial charge in [-0.3, -0.25) is 4.79 Å². The third kappa shape index (κ3) is 3.75. The fourth-order valence-electron chi connectivity index (χ4n) is 1.64. The molecule has 0 bridgehead atoms. The molecule has 0 aliphatic rings. The molecule has 1 aromatic carbocycles. The summed E-state index contributed by atoms with van der Waals surface area (Å²) in [5.41, 5.74) is 5.70. The Kier molecular flexibility index (Phi) is 4.52. The van der Waals surface area contributed by atoms with Crippen molar-refractivity contribution in [1.29, 1.82) is 0 Å². The topological polar surface area (TPSA) is 75.3 Å². The SMILES string of the molecule is CCC(C)(CCN)NC(=O)c1cccc(O)c1. The summed E-state index contributed by atoms with van der Waals surface area (Å²) in [7, 11) is 0. The van der Waals surface area contributed by atoms with Gasteiger partial charge in [0, 0.05) is 11.1 Å². The van der Waals surface area contributed by atoms with E-state index in [0.29, 0.717) is 12.1 Å². The second-order valence-electron chi connectivity index (χ2n) is 4.46. The molecule has 4 N–H and O–H groups in total. The van der Waals surface area contributed by atoms with Gasteiger partial charge in [0.1, 0.15) is 5.75 Å². The van der Waals surface area contributed by atoms with Crippen LogP contribution in [0.4, 0.5) is 0 Å². The summed E-state index contributed by atoms with van der Waals surface area (Å²) >= 11 is 0. The van der Waals surface area contributed by atoms with Crippen LogP contribution in [0, 0.1) is 0 Å². The first kappa shape index (κ1) is 13.5. The van der Waals surface area contributed by atoms with E-state index in [1.54, 1.807) is 12.1 Å². The first-order valence-corrected chi connectivity index (χ1v) is 5.82. The zero-order valence-electron chi connectivity index (χ0n) is 10.4. The number of aromatic hydroxyl groups is 1. The van der Waals surface area contributed by atoms with Crippen molar-refractivity contribution in [3.63, 3.8) is 0 Å². The molecule has 0 aromatic heterocycles. The van der Waals surface area contributed by atoms with E-state index in [-0.39, 0.29) is 17.2 Å². The molecule has 17 heavy (non-hydrogen) atoms. The van der Waals surface area contributed by atoms with Crippen LogP contribution in [0.25, 0.3) is 0 Å². The average molecular weight is 236 g/mol. The van der Waals surface area contributed by atoms with Gasteiger partial charge in [-0.1, -0.05) is 13.0 Å². The van der Waals surface area contributed by atoms with Crippen molar-refractivity contribution in [2.45, 2.75) is 32.2 Å². The molecule has 0 aliphatic heterocycles. The highest BCUT2D eigenvalue weighted by molar-refractivity contribution is 5.95. The van der Waals surface area contributed by atoms with Gasteiger partial charge in [-0.25, -0.2) is 0 Å². The molecule has 0 heterocycles. The van der Waals surface area contributed by atoms with E-state index in [0.717, 1.165) is 12.8 Å². The molecule has 0 saturated heterocycles. The van der Waals surface area contributed by atoms with E-state index in [2.05, 4.69) is 5.32 Å². The third-order valence-electron chi connectivity index (χ3n) is 3.00. The van der Waals surface area contributed by atoms with Gasteiger partial charge in [-0.15, -0.1) is 0 Å². The molecule has 4 nitrogen and oxygen atoms in total. The van der Waals surface area contributed by atoms with Crippen molar-refractivity contribution >= 4 is 5.91 Å². The molecular weight excluding hydrogens is 216 g/mol. The summed E-state index contributed by atoms with van der Waals surface area (Å²) < 4.78 is 0. The molecule has 1 atom stereocenters. The lowest BCUT2D eigenvalue weighted by Gasteiger charge is -2.29. The van der Waals surface area contributed by atoms with Crippen molar-refractivity contribution in [3.8, 4) is 5.75 Å². The largest absolute Gasteiger partial charge is 0.508 e. The van der Waals surface area contributed by atoms with E-state index in [4.69, 9.17) is 5.73 Å². The maximum atomic E-state index is 12.0. The Morgan fingerprint density at radius 3 is 2.76 bits per heavy atom. The van der Waals surface area contributed by atoms with E-state index in [1.165, 1.54) is 12.1 Å². The molecule has 1 unspecified atom stereocenters. The highest BCUT2D eigenvalue weighted by Gasteiger charge is 2.23. The Morgan fingerprint density at radius 1 is 1.53 bits per heavy atom. The van der Waals surface area contributed by atoms with Crippen LogP contribution in [-0.4, -0.2) is 23.1 Å². The first-order chi connectivity index (χ1) is 8.00. The van der Waals surface area contributed by atoms with Crippen LogP contribution in [0.2, 0.25) is 0 Å². The summed E-state index contributed by atoms with van der Waals surface area (Å²) in [6, 6.07) is 6.31. The van der Waals surface area contributed by atoms with E-state index in [9.17, 15) is 9.90 Å². The maximum Gasteiger partial charge on any atom is 0.251 e. The standard InChI is InChI=1S/C13H20N2O2/c1-3-13(2,7-8-14)15-12(17)10-5-4-6-11(16)9-10/h4-6,9,16H,3,7-8,14H2,1-2H3,(H,15,17). The number of hydrogen-bond acceptors (Lipinski definition) is 3. The predicted octanol–water partition coefficient (Wildman–Crippen LogP) is 1.64. The van der Waals surface area contributed by atoms with Gasteiger partial charge in [-0.05, 0) is 44.5 Å². The Labute approximate surface area is 102 Å². The molecule has 1 rings (SSSR count). The van der Waals surface area contributed by atoms with Crippen LogP contribution in [0.5, 0.6) is 5.75 Å². The number of rotatable bonds is 5. The highest BCUT2D eigenvalue weighted by atomic mass is 16.3. The smallest absolute Gasteiger partial charge is 0.251 e. The van der Waals surface area contributed by atoms with Crippen LogP contribution >= 0.6 is 0 Å². The Hall–Kier alpha value is -1.55. The molecular formula is C13H20N2O2. The van der Waals surface area contributed by atoms with Crippen LogP contribution in [-0.2, 0) is 0 Å². The molecule has 94 valence electrons. The highest BCUT2D eigenvalue weighted by Crippen LogP contribution is 2.16. The lowest BCUT2D eigenvalue weighted by atomic mass is 9.94. The summed E-state index contributed by atoms with van der Waals surface area (Å²) in [6.45, 7) is 4.52. The average Bonchev–Trinajstić information content (AvgIpc) is 2.29. The van der Waals surface area contributed by atoms with Crippen molar-refractivity contribution in [2.24, 2.45) is 5.73 Å². The fourth-order valence-corrected chi connectivity index (χ4v) is 1.64. The Bertz CT molecular complexity index is 393. The van der Waals surface area contributed by atoms with Gasteiger partial charge in [0.15, 0.2) is 0 Å². The summed E-state index contributed by atoms with van der Waals surface area (Å²) in [5, 5.41) is 12.3. The minimum Gasteiger partial charge on any atom is -0.508 e. The van der Waals surface area contributed by atoms with Crippen LogP contribution in [0.1, 0.15) is 37.0 Å². The normalized spacial score (nSPS) is 14.1. The van der Waals surface area contributed by atoms with Crippen molar-refractivity contribution in [1.82, 2.24) is 5.32 Å². The number of benzene rings is 1. The van der Waals surface area contributed by atoms with Crippen LogP contribution in [0.3, 0.4) is 0 Å². The minimum absolute atomic E-state index is 0.0923. The first-order valence-electron chi connectivity index (χ1n) is 5.82. The summed E-state index contributed by atoms with van der Waals surface area (Å²) in [4.78, 5) is 12.0. The van der Waals surface area contributed by atoms with Gasteiger partial charge < -0.3 is 16.2 Å². The number of carbonyl (C=O) groups is 1. The molecule has 4 heteroatoms. The predicted molar refractivity (Wildman–Crippen MR) is 67.9 cm³/mol. The lowest BCUT2D eigenvalue weighted by Crippen LogP contribution is -2.46. The Balaban J connectivity index is 2.77. The number of carbonyl (C=O) groups excluding carboxylic acids is 1. The monoisotopic (exact) mass is 236 g/mol. The number of hydrogen-bond donors (Lipinski definition) is 3. The number of phenolic OH excluding ortho intramolecular Hbond substituents is 1. The van der Waals surface area contributed by atoms with Crippen LogP contribution in [0.15, 0.2) is 24.3 Å². The van der Waals surface area contributed by atoms with Gasteiger partial charge in [0.05, 0.1) is 0 Å². The van der Waals surface area contributed by atoms with E-state index < -0.39 is 0 Å². The third-order valence-corrected chi connectivity index (χ3v) is 3.00. The molecule has 1 aromatic rings. The Morgan fingerprint density at radius 2 is 2.24 bits per heavy atom. The zero-order chi connectivity index (χ0) is 12.9. The number of nitrogens with two attached hydrogens (primary N) is 1. The maximum absolute atomic E-state index is 12.0. The van der Waals surface area contributed by atoms with Gasteiger partial charge in [-0.2, -0.15) is 0 Å². The van der Waals surface area contributed by atoms with E-state index in [1.807, 2.05) is 13.8 Å². The molecule has 0 radical (unpaired) electrons. The number of phenols is 1. The molecule has 0 fully saturated rings. The molecule has 1 amide bonds. The van der Waals surface area contributed by atoms with E-state index >= 15 is 0 Å². The molecule has 0 aliphatic carbocycles. The second kappa shape index (κ2) is 5.68. The molecule has 0 saturated carbocycles. The summed E-state index contributed by atoms with van der Waals surface area (Å²) in [6.07, 6.45) is 1.54. The second-order valence-corrected chi connectivity index (χ2v) is 4.46.